The second kappa shape index (κ2) is 7.68. The number of hydrogen-bond acceptors (Lipinski definition) is 3. The van der Waals surface area contributed by atoms with Crippen LogP contribution >= 0.6 is 0 Å². The minimum Gasteiger partial charge on any atom is -0.467 e. The number of methoxy groups -OCH3 is 1. The summed E-state index contributed by atoms with van der Waals surface area (Å²) >= 11 is 0. The lowest BCUT2D eigenvalue weighted by Crippen LogP contribution is -2.43. The number of ether oxygens (including phenoxy) is 1. The first-order valence-electron chi connectivity index (χ1n) is 6.85. The molecule has 1 unspecified atom stereocenters. The van der Waals surface area contributed by atoms with Gasteiger partial charge in [-0.1, -0.05) is 43.7 Å². The number of aryl methyl sites for hydroxylation is 1. The smallest absolute Gasteiger partial charge is 0.328 e. The molecule has 1 aromatic rings. The van der Waals surface area contributed by atoms with Crippen LogP contribution < -0.4 is 5.32 Å². The Hall–Kier alpha value is -1.84. The van der Waals surface area contributed by atoms with Crippen molar-refractivity contribution in [3.05, 3.63) is 35.4 Å². The van der Waals surface area contributed by atoms with Crippen LogP contribution in [0.4, 0.5) is 0 Å². The highest BCUT2D eigenvalue weighted by molar-refractivity contribution is 5.85. The zero-order valence-corrected chi connectivity index (χ0v) is 12.6. The Balaban J connectivity index is 2.61. The molecule has 0 saturated carbocycles. The monoisotopic (exact) mass is 277 g/mol. The van der Waals surface area contributed by atoms with Crippen LogP contribution in [0.15, 0.2) is 24.3 Å². The number of hydrogen-bond donors (Lipinski definition) is 1. The summed E-state index contributed by atoms with van der Waals surface area (Å²) in [5, 5.41) is 2.75. The van der Waals surface area contributed by atoms with E-state index in [-0.39, 0.29) is 12.3 Å². The number of rotatable bonds is 6. The molecular formula is C16H23NO3. The van der Waals surface area contributed by atoms with Crippen LogP contribution in [0, 0.1) is 12.8 Å². The lowest BCUT2D eigenvalue weighted by atomic mass is 10.0. The predicted molar refractivity (Wildman–Crippen MR) is 78.3 cm³/mol. The van der Waals surface area contributed by atoms with Crippen molar-refractivity contribution in [2.24, 2.45) is 5.92 Å². The first-order valence-corrected chi connectivity index (χ1v) is 6.85. The fourth-order valence-electron chi connectivity index (χ4n) is 1.96. The molecule has 0 aromatic heterocycles. The van der Waals surface area contributed by atoms with E-state index in [2.05, 4.69) is 5.32 Å². The fraction of sp³-hybridized carbons (Fsp3) is 0.500. The van der Waals surface area contributed by atoms with E-state index in [1.54, 1.807) is 0 Å². The number of benzene rings is 1. The highest BCUT2D eigenvalue weighted by Crippen LogP contribution is 2.08. The SMILES string of the molecule is COC(=O)C(CC(C)C)NC(=O)Cc1ccc(C)cc1. The second-order valence-electron chi connectivity index (χ2n) is 5.44. The first kappa shape index (κ1) is 16.2. The highest BCUT2D eigenvalue weighted by Gasteiger charge is 2.22. The summed E-state index contributed by atoms with van der Waals surface area (Å²) < 4.78 is 4.73. The third-order valence-corrected chi connectivity index (χ3v) is 3.01. The van der Waals surface area contributed by atoms with Crippen molar-refractivity contribution in [3.8, 4) is 0 Å². The van der Waals surface area contributed by atoms with Gasteiger partial charge in [-0.3, -0.25) is 4.79 Å². The molecule has 0 aliphatic heterocycles. The molecule has 1 rings (SSSR count). The summed E-state index contributed by atoms with van der Waals surface area (Å²) in [4.78, 5) is 23.6. The lowest BCUT2D eigenvalue weighted by molar-refractivity contribution is -0.145. The van der Waals surface area contributed by atoms with E-state index < -0.39 is 12.0 Å². The molecule has 1 aromatic carbocycles. The number of carbonyl (C=O) groups is 2. The topological polar surface area (TPSA) is 55.4 Å². The summed E-state index contributed by atoms with van der Waals surface area (Å²) in [5.41, 5.74) is 2.09. The molecular weight excluding hydrogens is 254 g/mol. The zero-order valence-electron chi connectivity index (χ0n) is 12.6. The fourth-order valence-corrected chi connectivity index (χ4v) is 1.96. The van der Waals surface area contributed by atoms with Crippen LogP contribution in [0.2, 0.25) is 0 Å². The van der Waals surface area contributed by atoms with E-state index >= 15 is 0 Å². The maximum absolute atomic E-state index is 12.0. The normalized spacial score (nSPS) is 12.1. The summed E-state index contributed by atoms with van der Waals surface area (Å²) in [6.45, 7) is 6.00. The number of carbonyl (C=O) groups excluding carboxylic acids is 2. The van der Waals surface area contributed by atoms with Crippen molar-refractivity contribution in [2.45, 2.75) is 39.7 Å². The van der Waals surface area contributed by atoms with Crippen molar-refractivity contribution < 1.29 is 14.3 Å². The van der Waals surface area contributed by atoms with Gasteiger partial charge in [-0.15, -0.1) is 0 Å². The van der Waals surface area contributed by atoms with Crippen molar-refractivity contribution in [1.29, 1.82) is 0 Å². The number of amides is 1. The Morgan fingerprint density at radius 1 is 1.20 bits per heavy atom. The van der Waals surface area contributed by atoms with Crippen LogP contribution in [-0.2, 0) is 20.7 Å². The second-order valence-corrected chi connectivity index (χ2v) is 5.44. The first-order chi connectivity index (χ1) is 9.42. The van der Waals surface area contributed by atoms with E-state index in [1.165, 1.54) is 7.11 Å². The Morgan fingerprint density at radius 3 is 2.30 bits per heavy atom. The summed E-state index contributed by atoms with van der Waals surface area (Å²) in [7, 11) is 1.34. The van der Waals surface area contributed by atoms with Gasteiger partial charge in [0.25, 0.3) is 0 Å². The Labute approximate surface area is 120 Å². The van der Waals surface area contributed by atoms with Gasteiger partial charge in [-0.25, -0.2) is 4.79 Å². The number of esters is 1. The highest BCUT2D eigenvalue weighted by atomic mass is 16.5. The predicted octanol–water partition coefficient (Wildman–Crippen LogP) is 2.24. The number of nitrogens with one attached hydrogen (secondary N) is 1. The molecule has 110 valence electrons. The Morgan fingerprint density at radius 2 is 1.80 bits per heavy atom. The van der Waals surface area contributed by atoms with Gasteiger partial charge in [0.05, 0.1) is 13.5 Å². The van der Waals surface area contributed by atoms with E-state index in [0.717, 1.165) is 11.1 Å². The minimum atomic E-state index is -0.571. The van der Waals surface area contributed by atoms with Gasteiger partial charge in [0.2, 0.25) is 5.91 Å². The van der Waals surface area contributed by atoms with Gasteiger partial charge in [0.15, 0.2) is 0 Å². The molecule has 4 heteroatoms. The molecule has 0 saturated heterocycles. The molecule has 0 spiro atoms. The molecule has 0 fully saturated rings. The van der Waals surface area contributed by atoms with Crippen LogP contribution in [0.25, 0.3) is 0 Å². The average Bonchev–Trinajstić information content (AvgIpc) is 2.39. The molecule has 0 aliphatic rings. The largest absolute Gasteiger partial charge is 0.467 e. The molecule has 0 heterocycles. The molecule has 0 aliphatic carbocycles. The third kappa shape index (κ3) is 5.43. The standard InChI is InChI=1S/C16H23NO3/c1-11(2)9-14(16(19)20-4)17-15(18)10-13-7-5-12(3)6-8-13/h5-8,11,14H,9-10H2,1-4H3,(H,17,18). The van der Waals surface area contributed by atoms with Gasteiger partial charge < -0.3 is 10.1 Å². The Kier molecular flexibility index (Phi) is 6.22. The van der Waals surface area contributed by atoms with Gasteiger partial charge in [0.1, 0.15) is 6.04 Å². The molecule has 1 N–H and O–H groups in total. The van der Waals surface area contributed by atoms with Crippen molar-refractivity contribution >= 4 is 11.9 Å². The molecule has 4 nitrogen and oxygen atoms in total. The maximum atomic E-state index is 12.0. The van der Waals surface area contributed by atoms with Gasteiger partial charge in [-0.2, -0.15) is 0 Å². The molecule has 20 heavy (non-hydrogen) atoms. The summed E-state index contributed by atoms with van der Waals surface area (Å²) in [6.07, 6.45) is 0.845. The van der Waals surface area contributed by atoms with E-state index in [9.17, 15) is 9.59 Å². The van der Waals surface area contributed by atoms with E-state index in [4.69, 9.17) is 4.74 Å². The molecule has 1 amide bonds. The van der Waals surface area contributed by atoms with Crippen molar-refractivity contribution in [3.63, 3.8) is 0 Å². The summed E-state index contributed by atoms with van der Waals surface area (Å²) in [6, 6.07) is 7.20. The van der Waals surface area contributed by atoms with Crippen LogP contribution in [0.5, 0.6) is 0 Å². The van der Waals surface area contributed by atoms with E-state index in [0.29, 0.717) is 12.3 Å². The van der Waals surface area contributed by atoms with Gasteiger partial charge in [0, 0.05) is 0 Å². The van der Waals surface area contributed by atoms with Crippen LogP contribution in [-0.4, -0.2) is 25.0 Å². The van der Waals surface area contributed by atoms with E-state index in [1.807, 2.05) is 45.0 Å². The quantitative estimate of drug-likeness (QED) is 0.811. The van der Waals surface area contributed by atoms with Gasteiger partial charge >= 0.3 is 5.97 Å². The van der Waals surface area contributed by atoms with Crippen LogP contribution in [0.1, 0.15) is 31.4 Å². The van der Waals surface area contributed by atoms with Crippen LogP contribution in [0.3, 0.4) is 0 Å². The molecule has 0 bridgehead atoms. The average molecular weight is 277 g/mol. The maximum Gasteiger partial charge on any atom is 0.328 e. The minimum absolute atomic E-state index is 0.162. The Bertz CT molecular complexity index is 451. The van der Waals surface area contributed by atoms with Crippen molar-refractivity contribution in [2.75, 3.05) is 7.11 Å². The van der Waals surface area contributed by atoms with Crippen molar-refractivity contribution in [1.82, 2.24) is 5.32 Å². The molecule has 1 atom stereocenters. The third-order valence-electron chi connectivity index (χ3n) is 3.01. The molecule has 0 radical (unpaired) electrons. The zero-order chi connectivity index (χ0) is 15.1. The van der Waals surface area contributed by atoms with Gasteiger partial charge in [-0.05, 0) is 24.8 Å². The summed E-state index contributed by atoms with van der Waals surface area (Å²) in [5.74, 6) is -0.250. The lowest BCUT2D eigenvalue weighted by Gasteiger charge is -2.18.